The lowest BCUT2D eigenvalue weighted by Crippen LogP contribution is -2.65. The number of alkyl halides is 6. The normalized spacial score (nSPS) is 25.4. The second-order valence-corrected chi connectivity index (χ2v) is 26.8. The Morgan fingerprint density at radius 2 is 1.17 bits per heavy atom. The Labute approximate surface area is 551 Å². The van der Waals surface area contributed by atoms with Crippen LogP contribution in [0.2, 0.25) is 5.02 Å². The Hall–Kier alpha value is -7.52. The Balaban J connectivity index is 1.86. The smallest absolute Gasteiger partial charge is 0.343 e. The molecule has 524 valence electrons. The van der Waals surface area contributed by atoms with Gasteiger partial charge in [0.25, 0.3) is 0 Å². The quantitative estimate of drug-likeness (QED) is 0.199. The van der Waals surface area contributed by atoms with Crippen LogP contribution in [0.25, 0.3) is 0 Å². The number of halogens is 7. The fourth-order valence-electron chi connectivity index (χ4n) is 10.9. The maximum absolute atomic E-state index is 14.8. The van der Waals surface area contributed by atoms with Crippen LogP contribution in [0.15, 0.2) is 42.5 Å². The number of hydrogen-bond acceptors (Lipinski definition) is 11. The third-order valence-electron chi connectivity index (χ3n) is 18.1. The molecule has 0 saturated carbocycles. The van der Waals surface area contributed by atoms with Gasteiger partial charge in [-0.25, -0.2) is 0 Å². The zero-order valence-electron chi connectivity index (χ0n) is 56.8. The second kappa shape index (κ2) is 32.8. The van der Waals surface area contributed by atoms with Crippen LogP contribution < -0.4 is 21.3 Å². The molecule has 11 amide bonds. The van der Waals surface area contributed by atoms with Crippen molar-refractivity contribution in [3.05, 3.63) is 69.7 Å². The summed E-state index contributed by atoms with van der Waals surface area (Å²) in [6, 6.07) is -4.75. The molecule has 10 atom stereocenters. The van der Waals surface area contributed by atoms with E-state index in [9.17, 15) is 79.1 Å². The van der Waals surface area contributed by atoms with Gasteiger partial charge in [-0.15, -0.1) is 0 Å². The molecule has 0 aromatic heterocycles. The predicted molar refractivity (Wildman–Crippen MR) is 338 cm³/mol. The molecule has 0 radical (unpaired) electrons. The van der Waals surface area contributed by atoms with E-state index >= 15 is 0 Å². The largest absolute Gasteiger partial charge is 0.417 e. The topological polar surface area (TPSA) is 259 Å². The van der Waals surface area contributed by atoms with Crippen molar-refractivity contribution in [1.82, 2.24) is 55.6 Å². The van der Waals surface area contributed by atoms with Crippen LogP contribution in [0.5, 0.6) is 0 Å². The number of nitrogens with zero attached hydrogens (tertiary/aromatic N) is 7. The lowest BCUT2D eigenvalue weighted by Gasteiger charge is -2.45. The summed E-state index contributed by atoms with van der Waals surface area (Å²) in [5.74, 6) is -9.50. The fraction of sp³-hybridized carbons (Fsp3) is 0.646. The summed E-state index contributed by atoms with van der Waals surface area (Å²) in [6.45, 7) is 17.1. The van der Waals surface area contributed by atoms with Crippen LogP contribution in [0.1, 0.15) is 137 Å². The third kappa shape index (κ3) is 20.0. The number of nitrogens with one attached hydrogen (secondary N) is 4. The van der Waals surface area contributed by atoms with Crippen LogP contribution in [0, 0.1) is 17.8 Å². The van der Waals surface area contributed by atoms with E-state index in [0.717, 1.165) is 67.0 Å². The molecule has 0 spiro atoms. The summed E-state index contributed by atoms with van der Waals surface area (Å²) >= 11 is 6.07. The van der Waals surface area contributed by atoms with Gasteiger partial charge in [-0.1, -0.05) is 77.8 Å². The van der Waals surface area contributed by atoms with Crippen LogP contribution in [0.4, 0.5) is 26.3 Å². The van der Waals surface area contributed by atoms with Crippen molar-refractivity contribution in [2.75, 3.05) is 55.4 Å². The number of fused-ring (bicyclic) bond motifs is 1. The molecule has 2 aliphatic heterocycles. The Bertz CT molecular complexity index is 3100. The molecule has 4 rings (SSSR count). The second-order valence-electron chi connectivity index (χ2n) is 26.3. The van der Waals surface area contributed by atoms with Crippen molar-refractivity contribution >= 4 is 76.6 Å². The van der Waals surface area contributed by atoms with Crippen LogP contribution in [-0.2, 0) is 77.9 Å². The van der Waals surface area contributed by atoms with E-state index in [0.29, 0.717) is 6.42 Å². The van der Waals surface area contributed by atoms with Crippen molar-refractivity contribution in [2.45, 2.75) is 200 Å². The van der Waals surface area contributed by atoms with Crippen LogP contribution >= 0.6 is 11.6 Å². The summed E-state index contributed by atoms with van der Waals surface area (Å²) in [7, 11) is 7.91. The van der Waals surface area contributed by atoms with E-state index in [1.807, 2.05) is 13.8 Å². The minimum Gasteiger partial charge on any atom is -0.343 e. The lowest BCUT2D eigenvalue weighted by molar-refractivity contribution is -0.160. The van der Waals surface area contributed by atoms with Crippen LogP contribution in [0.3, 0.4) is 0 Å². The molecule has 0 unspecified atom stereocenters. The number of carbonyl (C=O) groups excluding carboxylic acids is 11. The van der Waals surface area contributed by atoms with Gasteiger partial charge in [0.1, 0.15) is 53.9 Å². The van der Waals surface area contributed by atoms with Gasteiger partial charge in [0, 0.05) is 67.7 Å². The average Bonchev–Trinajstić information content (AvgIpc) is 0.789. The van der Waals surface area contributed by atoms with Crippen molar-refractivity contribution in [1.29, 1.82) is 0 Å². The van der Waals surface area contributed by atoms with Gasteiger partial charge >= 0.3 is 12.4 Å². The summed E-state index contributed by atoms with van der Waals surface area (Å²) in [5, 5.41) is 10.2. The minimum absolute atomic E-state index is 0.0236. The van der Waals surface area contributed by atoms with Gasteiger partial charge in [-0.05, 0) is 120 Å². The molecular weight excluding hydrogens is 1260 g/mol. The molecule has 2 aromatic rings. The van der Waals surface area contributed by atoms with E-state index in [1.54, 1.807) is 34.6 Å². The number of amides is 11. The molecule has 2 saturated heterocycles. The molecule has 2 heterocycles. The van der Waals surface area contributed by atoms with Gasteiger partial charge in [-0.3, -0.25) is 52.7 Å². The maximum Gasteiger partial charge on any atom is 0.417 e. The Morgan fingerprint density at radius 1 is 0.606 bits per heavy atom. The third-order valence-corrected chi connectivity index (χ3v) is 18.4. The van der Waals surface area contributed by atoms with Gasteiger partial charge in [-0.2, -0.15) is 26.3 Å². The molecule has 2 aromatic carbocycles. The average molecular weight is 1350 g/mol. The van der Waals surface area contributed by atoms with Gasteiger partial charge in [0.05, 0.1) is 22.7 Å². The van der Waals surface area contributed by atoms with E-state index < -0.39 is 172 Å². The molecule has 2 fully saturated rings. The minimum atomic E-state index is -4.81. The number of likely N-dealkylation sites (N-methyl/N-ethyl adjacent to an activating group) is 6. The number of rotatable bonds is 11. The Morgan fingerprint density at radius 3 is 1.68 bits per heavy atom. The molecule has 29 heteroatoms. The first kappa shape index (κ1) is 78.9. The first-order valence-corrected chi connectivity index (χ1v) is 31.9. The van der Waals surface area contributed by atoms with Gasteiger partial charge in [0.15, 0.2) is 0 Å². The van der Waals surface area contributed by atoms with E-state index in [1.165, 1.54) is 79.8 Å². The van der Waals surface area contributed by atoms with Crippen molar-refractivity contribution in [2.24, 2.45) is 17.8 Å². The highest BCUT2D eigenvalue weighted by molar-refractivity contribution is 6.31. The van der Waals surface area contributed by atoms with Gasteiger partial charge in [0.2, 0.25) is 65.0 Å². The highest BCUT2D eigenvalue weighted by Gasteiger charge is 2.47. The zero-order valence-corrected chi connectivity index (χ0v) is 57.6. The highest BCUT2D eigenvalue weighted by Crippen LogP contribution is 2.36. The molecule has 94 heavy (non-hydrogen) atoms. The zero-order chi connectivity index (χ0) is 71.6. The lowest BCUT2D eigenvalue weighted by atomic mass is 9.95. The van der Waals surface area contributed by atoms with Crippen molar-refractivity contribution < 1.29 is 79.1 Å². The number of aryl methyl sites for hydroxylation is 1. The standard InChI is InChI=1S/C65H94ClF6N11O11/c1-18-37(6)53-61(93)80(15)40(9)56(88)83-28-27-49(83)60(92)81(16)50(33-42-19-23-43(24-20-42)64(67,68)69)59(91)77(12)34-51(84)73-46(26-22-41-21-25-44(45(66)32-41)65(70,71)72)55(87)74-48(30-36(4)5)58(90)82(17)63(10,11)62(94)75-47(29-35(2)3)57(89)78(13)38(7)31-52(85)79(14)39(8)54(86)76-53/h19-21,23-25,32,35-40,46-50,53H,18,22,26-31,33-34H2,1-17H3,(H,73,84)(H,74,87)(H,75,94)(H,76,86)/t37-,38+,39-,40-,46-,47-,48-,49-,50-,53-/m0/s1. The number of benzene rings is 2. The van der Waals surface area contributed by atoms with E-state index in [-0.39, 0.29) is 68.0 Å². The SMILES string of the molecule is CC[C@H](C)[C@@H]1NC(=O)[C@H](C)N(C)C(=O)C[C@@H](C)N(C)C(=O)[C@H](CC(C)C)NC(=O)C(C)(C)N(C)C(=O)[C@H](CC(C)C)NC(=O)[C@H](CCc2ccc(C(F)(F)F)c(Cl)c2)NC(=O)CN(C)C(=O)[C@H](Cc2ccc(C(F)(F)F)cc2)N(C)C(=O)[C@@H]2CCN2C(=O)[C@H](C)N(C)C1=O. The molecule has 2 aliphatic rings. The number of carbonyl (C=O) groups is 11. The first-order chi connectivity index (χ1) is 43.4. The molecular formula is C65H94ClF6N11O11. The molecule has 4 N–H and O–H groups in total. The van der Waals surface area contributed by atoms with Crippen molar-refractivity contribution in [3.63, 3.8) is 0 Å². The monoisotopic (exact) mass is 1350 g/mol. The molecule has 22 nitrogen and oxygen atoms in total. The number of hydrogen-bond donors (Lipinski definition) is 4. The molecule has 0 bridgehead atoms. The highest BCUT2D eigenvalue weighted by atomic mass is 35.5. The summed E-state index contributed by atoms with van der Waals surface area (Å²) in [5.41, 5.74) is -3.54. The summed E-state index contributed by atoms with van der Waals surface area (Å²) < 4.78 is 82.5. The summed E-state index contributed by atoms with van der Waals surface area (Å²) in [6.07, 6.45) is -10.3. The van der Waals surface area contributed by atoms with E-state index in [4.69, 9.17) is 11.6 Å². The van der Waals surface area contributed by atoms with Crippen molar-refractivity contribution in [3.8, 4) is 0 Å². The maximum atomic E-state index is 14.8. The first-order valence-electron chi connectivity index (χ1n) is 31.5. The van der Waals surface area contributed by atoms with E-state index in [2.05, 4.69) is 21.3 Å². The molecule has 0 aliphatic carbocycles. The van der Waals surface area contributed by atoms with Crippen LogP contribution in [-0.4, -0.2) is 215 Å². The Kier molecular flexibility index (Phi) is 27.5. The van der Waals surface area contributed by atoms with Gasteiger partial charge < -0.3 is 55.6 Å². The summed E-state index contributed by atoms with van der Waals surface area (Å²) in [4.78, 5) is 167. The predicted octanol–water partition coefficient (Wildman–Crippen LogP) is 5.70. The fourth-order valence-corrected chi connectivity index (χ4v) is 11.2.